The van der Waals surface area contributed by atoms with Crippen LogP contribution in [0.15, 0.2) is 77.7 Å². The van der Waals surface area contributed by atoms with Gasteiger partial charge in [0.1, 0.15) is 0 Å². The Morgan fingerprint density at radius 2 is 1.28 bits per heavy atom. The Labute approximate surface area is 177 Å². The van der Waals surface area contributed by atoms with Crippen LogP contribution < -0.4 is 25.4 Å². The highest BCUT2D eigenvalue weighted by molar-refractivity contribution is 7.88. The summed E-state index contributed by atoms with van der Waals surface area (Å²) >= 11 is 0. The summed E-state index contributed by atoms with van der Waals surface area (Å²) in [5.74, 6) is 1.30. The molecule has 0 amide bonds. The van der Waals surface area contributed by atoms with Crippen LogP contribution in [0.5, 0.6) is 11.5 Å². The Bertz CT molecular complexity index is 943. The van der Waals surface area contributed by atoms with Crippen LogP contribution in [0.4, 0.5) is 0 Å². The molecule has 0 spiro atoms. The van der Waals surface area contributed by atoms with Crippen molar-refractivity contribution in [3.63, 3.8) is 0 Å². The summed E-state index contributed by atoms with van der Waals surface area (Å²) in [6.45, 7) is 5.99. The summed E-state index contributed by atoms with van der Waals surface area (Å²) in [5, 5.41) is 3.30. The Balaban J connectivity index is 2.38. The highest BCUT2D eigenvalue weighted by Gasteiger charge is 2.32. The first-order valence-corrected chi connectivity index (χ1v) is 11.9. The monoisotopic (exact) mass is 426 g/mol. The van der Waals surface area contributed by atoms with E-state index in [-0.39, 0.29) is 0 Å². The molecule has 152 valence electrons. The molecule has 0 saturated heterocycles. The van der Waals surface area contributed by atoms with Crippen LogP contribution in [0, 0.1) is 0 Å². The van der Waals surface area contributed by atoms with Crippen LogP contribution >= 0.6 is 7.92 Å². The average molecular weight is 427 g/mol. The third-order valence-corrected chi connectivity index (χ3v) is 9.01. The maximum atomic E-state index is 13.5. The van der Waals surface area contributed by atoms with Gasteiger partial charge in [0.25, 0.3) is 0 Å². The number of rotatable bonds is 6. The van der Waals surface area contributed by atoms with E-state index in [4.69, 9.17) is 9.47 Å². The lowest BCUT2D eigenvalue weighted by Gasteiger charge is -2.27. The van der Waals surface area contributed by atoms with Crippen LogP contribution in [-0.2, 0) is 10.8 Å². The van der Waals surface area contributed by atoms with Crippen molar-refractivity contribution in [1.29, 1.82) is 0 Å². The van der Waals surface area contributed by atoms with Crippen LogP contribution in [0.25, 0.3) is 0 Å². The fourth-order valence-corrected chi connectivity index (χ4v) is 7.24. The average Bonchev–Trinajstić information content (AvgIpc) is 2.74. The van der Waals surface area contributed by atoms with Gasteiger partial charge in [-0.3, -0.25) is 4.21 Å². The fourth-order valence-electron chi connectivity index (χ4n) is 3.15. The van der Waals surface area contributed by atoms with E-state index in [0.717, 1.165) is 10.2 Å². The number of ether oxygens (including phenoxy) is 2. The first-order chi connectivity index (χ1) is 13.9. The Morgan fingerprint density at radius 1 is 0.759 bits per heavy atom. The van der Waals surface area contributed by atoms with E-state index in [1.807, 2.05) is 69.3 Å². The summed E-state index contributed by atoms with van der Waals surface area (Å²) in [7, 11) is 1.07. The molecule has 3 nitrogen and oxygen atoms in total. The molecule has 3 aromatic carbocycles. The summed E-state index contributed by atoms with van der Waals surface area (Å²) in [6.07, 6.45) is 0. The molecule has 3 aromatic rings. The normalized spacial score (nSPS) is 12.6. The van der Waals surface area contributed by atoms with Gasteiger partial charge in [0.05, 0.1) is 29.9 Å². The van der Waals surface area contributed by atoms with E-state index in [9.17, 15) is 4.21 Å². The van der Waals surface area contributed by atoms with E-state index >= 15 is 0 Å². The molecule has 0 aliphatic heterocycles. The maximum absolute atomic E-state index is 13.5. The lowest BCUT2D eigenvalue weighted by molar-refractivity contribution is 0.356. The van der Waals surface area contributed by atoms with Crippen molar-refractivity contribution in [2.45, 2.75) is 30.4 Å². The summed E-state index contributed by atoms with van der Waals surface area (Å²) in [6, 6.07) is 24.5. The number of methoxy groups -OCH3 is 2. The molecule has 0 heterocycles. The second kappa shape index (κ2) is 9.11. The molecule has 29 heavy (non-hydrogen) atoms. The number of hydrogen-bond acceptors (Lipinski definition) is 3. The van der Waals surface area contributed by atoms with Crippen molar-refractivity contribution in [2.75, 3.05) is 14.2 Å². The van der Waals surface area contributed by atoms with Crippen molar-refractivity contribution in [3.8, 4) is 11.5 Å². The standard InChI is InChI=1S/C24H27O3PS/c1-24(2,3)29(25)21-17-16-20(26-4)22(27-5)23(21)28(18-12-8-6-9-13-18)19-14-10-7-11-15-19/h6-17H,1-5H3/t29-/m0/s1. The molecule has 5 heteroatoms. The molecule has 0 aliphatic rings. The van der Waals surface area contributed by atoms with Gasteiger partial charge in [-0.05, 0) is 51.4 Å². The van der Waals surface area contributed by atoms with Gasteiger partial charge in [0.15, 0.2) is 11.5 Å². The Kier molecular flexibility index (Phi) is 6.77. The zero-order valence-corrected chi connectivity index (χ0v) is 19.2. The molecule has 0 aliphatic carbocycles. The van der Waals surface area contributed by atoms with Gasteiger partial charge in [-0.2, -0.15) is 0 Å². The van der Waals surface area contributed by atoms with Crippen molar-refractivity contribution in [1.82, 2.24) is 0 Å². The number of hydrogen-bond donors (Lipinski definition) is 0. The van der Waals surface area contributed by atoms with Gasteiger partial charge in [-0.1, -0.05) is 60.7 Å². The predicted molar refractivity (Wildman–Crippen MR) is 124 cm³/mol. The van der Waals surface area contributed by atoms with E-state index in [1.165, 1.54) is 10.6 Å². The second-order valence-electron chi connectivity index (χ2n) is 7.54. The molecular weight excluding hydrogens is 399 g/mol. The van der Waals surface area contributed by atoms with Crippen LogP contribution in [0.1, 0.15) is 20.8 Å². The second-order valence-corrected chi connectivity index (χ2v) is 11.9. The molecule has 0 N–H and O–H groups in total. The van der Waals surface area contributed by atoms with Gasteiger partial charge in [0, 0.05) is 10.1 Å². The molecule has 0 bridgehead atoms. The molecule has 1 atom stereocenters. The Morgan fingerprint density at radius 3 is 1.69 bits per heavy atom. The lowest BCUT2D eigenvalue weighted by Crippen LogP contribution is -2.30. The quantitative estimate of drug-likeness (QED) is 0.549. The minimum Gasteiger partial charge on any atom is -0.493 e. The molecular formula is C24H27O3PS. The highest BCUT2D eigenvalue weighted by Crippen LogP contribution is 2.43. The van der Waals surface area contributed by atoms with E-state index in [2.05, 4.69) is 24.3 Å². The fraction of sp³-hybridized carbons (Fsp3) is 0.250. The minimum atomic E-state index is -1.22. The molecule has 0 fully saturated rings. The topological polar surface area (TPSA) is 35.5 Å². The van der Waals surface area contributed by atoms with E-state index in [0.29, 0.717) is 11.5 Å². The number of benzene rings is 3. The first kappa shape index (κ1) is 21.5. The molecule has 3 rings (SSSR count). The van der Waals surface area contributed by atoms with E-state index < -0.39 is 23.5 Å². The third kappa shape index (κ3) is 4.55. The summed E-state index contributed by atoms with van der Waals surface area (Å²) in [4.78, 5) is 0.800. The van der Waals surface area contributed by atoms with E-state index in [1.54, 1.807) is 14.2 Å². The van der Waals surface area contributed by atoms with Gasteiger partial charge in [-0.15, -0.1) is 0 Å². The van der Waals surface area contributed by atoms with Crippen LogP contribution in [0.2, 0.25) is 0 Å². The van der Waals surface area contributed by atoms with Gasteiger partial charge in [-0.25, -0.2) is 0 Å². The SMILES string of the molecule is COc1ccc([S@](=O)C(C)(C)C)c(P(c2ccccc2)c2ccccc2)c1OC. The minimum absolute atomic E-state index is 0.400. The zero-order chi connectivity index (χ0) is 21.0. The van der Waals surface area contributed by atoms with Crippen molar-refractivity contribution in [2.24, 2.45) is 0 Å². The zero-order valence-electron chi connectivity index (χ0n) is 17.5. The molecule has 0 radical (unpaired) electrons. The first-order valence-electron chi connectivity index (χ1n) is 9.45. The summed E-state index contributed by atoms with van der Waals surface area (Å²) in [5.41, 5.74) is 0. The lowest BCUT2D eigenvalue weighted by atomic mass is 10.3. The highest BCUT2D eigenvalue weighted by atomic mass is 32.2. The maximum Gasteiger partial charge on any atom is 0.170 e. The van der Waals surface area contributed by atoms with Gasteiger partial charge in [0.2, 0.25) is 0 Å². The van der Waals surface area contributed by atoms with Crippen molar-refractivity contribution < 1.29 is 13.7 Å². The smallest absolute Gasteiger partial charge is 0.170 e. The van der Waals surface area contributed by atoms with Gasteiger partial charge < -0.3 is 9.47 Å². The van der Waals surface area contributed by atoms with Crippen molar-refractivity contribution >= 4 is 34.6 Å². The molecule has 0 unspecified atom stereocenters. The van der Waals surface area contributed by atoms with Gasteiger partial charge >= 0.3 is 0 Å². The third-order valence-electron chi connectivity index (χ3n) is 4.49. The Hall–Kier alpha value is -2.16. The van der Waals surface area contributed by atoms with Crippen LogP contribution in [0.3, 0.4) is 0 Å². The summed E-state index contributed by atoms with van der Waals surface area (Å²) < 4.78 is 24.6. The molecule has 0 saturated carbocycles. The largest absolute Gasteiger partial charge is 0.493 e. The van der Waals surface area contributed by atoms with Crippen molar-refractivity contribution in [3.05, 3.63) is 72.8 Å². The predicted octanol–water partition coefficient (Wildman–Crippen LogP) is 4.37. The molecule has 0 aromatic heterocycles. The van der Waals surface area contributed by atoms with Crippen LogP contribution in [-0.4, -0.2) is 23.2 Å².